The molecule has 148 valence electrons. The average molecular weight is 401 g/mol. The monoisotopic (exact) mass is 400 g/mol. The number of aromatic amines is 1. The molecule has 7 heteroatoms. The Kier molecular flexibility index (Phi) is 5.42. The number of benzene rings is 1. The summed E-state index contributed by atoms with van der Waals surface area (Å²) in [5.74, 6) is 0.183. The van der Waals surface area contributed by atoms with Gasteiger partial charge in [0.1, 0.15) is 5.69 Å². The second kappa shape index (κ2) is 7.97. The van der Waals surface area contributed by atoms with E-state index in [-0.39, 0.29) is 17.9 Å². The van der Waals surface area contributed by atoms with Crippen molar-refractivity contribution in [2.24, 2.45) is 0 Å². The molecule has 0 radical (unpaired) electrons. The summed E-state index contributed by atoms with van der Waals surface area (Å²) in [4.78, 5) is 34.5. The molecule has 0 bridgehead atoms. The van der Waals surface area contributed by atoms with Crippen LogP contribution >= 0.6 is 11.6 Å². The van der Waals surface area contributed by atoms with E-state index < -0.39 is 0 Å². The normalized spacial score (nSPS) is 20.6. The van der Waals surface area contributed by atoms with Gasteiger partial charge in [-0.25, -0.2) is 0 Å². The van der Waals surface area contributed by atoms with Crippen molar-refractivity contribution in [3.05, 3.63) is 47.2 Å². The highest BCUT2D eigenvalue weighted by Crippen LogP contribution is 2.23. The minimum Gasteiger partial charge on any atom is -0.357 e. The summed E-state index contributed by atoms with van der Waals surface area (Å²) in [6.45, 7) is 3.31. The molecule has 2 aliphatic rings. The van der Waals surface area contributed by atoms with Crippen LogP contribution in [-0.4, -0.2) is 77.3 Å². The first-order chi connectivity index (χ1) is 13.5. The Morgan fingerprint density at radius 1 is 1.00 bits per heavy atom. The number of H-pyrrole nitrogens is 1. The fourth-order valence-corrected chi connectivity index (χ4v) is 4.19. The molecule has 1 aromatic heterocycles. The molecule has 1 N–H and O–H groups in total. The number of likely N-dealkylation sites (tertiary alicyclic amines) is 1. The van der Waals surface area contributed by atoms with Gasteiger partial charge in [0.15, 0.2) is 0 Å². The van der Waals surface area contributed by atoms with Crippen LogP contribution in [0.5, 0.6) is 0 Å². The zero-order chi connectivity index (χ0) is 19.7. The number of carbonyl (C=O) groups excluding carboxylic acids is 2. The molecule has 2 saturated heterocycles. The van der Waals surface area contributed by atoms with Crippen LogP contribution in [0, 0.1) is 0 Å². The first-order valence-corrected chi connectivity index (χ1v) is 10.1. The lowest BCUT2D eigenvalue weighted by Gasteiger charge is -2.36. The smallest absolute Gasteiger partial charge is 0.270 e. The summed E-state index contributed by atoms with van der Waals surface area (Å²) >= 11 is 5.94. The van der Waals surface area contributed by atoms with Crippen LogP contribution in [0.25, 0.3) is 11.1 Å². The lowest BCUT2D eigenvalue weighted by atomic mass is 10.1. The fourth-order valence-electron chi connectivity index (χ4n) is 4.06. The van der Waals surface area contributed by atoms with Crippen LogP contribution in [0.3, 0.4) is 0 Å². The number of carbonyl (C=O) groups is 2. The third kappa shape index (κ3) is 3.80. The number of halogens is 1. The van der Waals surface area contributed by atoms with E-state index in [1.165, 1.54) is 0 Å². The van der Waals surface area contributed by atoms with Crippen LogP contribution in [0.4, 0.5) is 0 Å². The van der Waals surface area contributed by atoms with Gasteiger partial charge in [-0.15, -0.1) is 0 Å². The largest absolute Gasteiger partial charge is 0.357 e. The maximum Gasteiger partial charge on any atom is 0.270 e. The molecule has 1 aromatic carbocycles. The Morgan fingerprint density at radius 2 is 1.68 bits per heavy atom. The second-order valence-corrected chi connectivity index (χ2v) is 8.00. The molecule has 2 aliphatic heterocycles. The third-order valence-electron chi connectivity index (χ3n) is 5.78. The van der Waals surface area contributed by atoms with Crippen LogP contribution in [0.2, 0.25) is 5.02 Å². The summed E-state index contributed by atoms with van der Waals surface area (Å²) in [7, 11) is 2.01. The van der Waals surface area contributed by atoms with Gasteiger partial charge in [-0.1, -0.05) is 23.7 Å². The minimum atomic E-state index is -0.0229. The Hall–Kier alpha value is -2.31. The SMILES string of the molecule is CN1CCCC1C(=O)N1CCN(C(=O)c2cc(-c3ccc(Cl)cc3)c[nH]2)CC1. The zero-order valence-corrected chi connectivity index (χ0v) is 16.8. The van der Waals surface area contributed by atoms with E-state index in [0.717, 1.165) is 30.5 Å². The van der Waals surface area contributed by atoms with Gasteiger partial charge in [-0.2, -0.15) is 0 Å². The van der Waals surface area contributed by atoms with Gasteiger partial charge in [0.25, 0.3) is 5.91 Å². The molecule has 2 aromatic rings. The quantitative estimate of drug-likeness (QED) is 0.861. The average Bonchev–Trinajstić information content (AvgIpc) is 3.37. The number of piperazine rings is 1. The topological polar surface area (TPSA) is 59.7 Å². The number of amides is 2. The predicted molar refractivity (Wildman–Crippen MR) is 109 cm³/mol. The van der Waals surface area contributed by atoms with Gasteiger partial charge >= 0.3 is 0 Å². The van der Waals surface area contributed by atoms with E-state index in [9.17, 15) is 9.59 Å². The lowest BCUT2D eigenvalue weighted by Crippen LogP contribution is -2.54. The van der Waals surface area contributed by atoms with E-state index in [0.29, 0.717) is 36.9 Å². The van der Waals surface area contributed by atoms with Crippen molar-refractivity contribution >= 4 is 23.4 Å². The minimum absolute atomic E-state index is 0.00703. The van der Waals surface area contributed by atoms with Crippen LogP contribution in [-0.2, 0) is 4.79 Å². The predicted octanol–water partition coefficient (Wildman–Crippen LogP) is 2.71. The van der Waals surface area contributed by atoms with Gasteiger partial charge in [0, 0.05) is 37.4 Å². The van der Waals surface area contributed by atoms with E-state index in [2.05, 4.69) is 9.88 Å². The van der Waals surface area contributed by atoms with Crippen molar-refractivity contribution in [2.45, 2.75) is 18.9 Å². The summed E-state index contributed by atoms with van der Waals surface area (Å²) in [5.41, 5.74) is 2.54. The maximum atomic E-state index is 12.8. The molecule has 1 unspecified atom stereocenters. The van der Waals surface area contributed by atoms with Gasteiger partial charge in [-0.3, -0.25) is 14.5 Å². The highest BCUT2D eigenvalue weighted by atomic mass is 35.5. The van der Waals surface area contributed by atoms with E-state index in [4.69, 9.17) is 11.6 Å². The molecule has 28 heavy (non-hydrogen) atoms. The number of hydrogen-bond acceptors (Lipinski definition) is 3. The van der Waals surface area contributed by atoms with Crippen molar-refractivity contribution in [3.8, 4) is 11.1 Å². The zero-order valence-electron chi connectivity index (χ0n) is 16.0. The second-order valence-electron chi connectivity index (χ2n) is 7.57. The van der Waals surface area contributed by atoms with Crippen LogP contribution in [0.15, 0.2) is 36.5 Å². The number of likely N-dealkylation sites (N-methyl/N-ethyl adjacent to an activating group) is 1. The lowest BCUT2D eigenvalue weighted by molar-refractivity contribution is -0.137. The fraction of sp³-hybridized carbons (Fsp3) is 0.429. The molecular weight excluding hydrogens is 376 g/mol. The number of rotatable bonds is 3. The molecule has 1 atom stereocenters. The number of hydrogen-bond donors (Lipinski definition) is 1. The van der Waals surface area contributed by atoms with Crippen LogP contribution < -0.4 is 0 Å². The van der Waals surface area contributed by atoms with E-state index in [1.807, 2.05) is 53.4 Å². The Balaban J connectivity index is 1.36. The number of nitrogens with zero attached hydrogens (tertiary/aromatic N) is 3. The molecular formula is C21H25ClN4O2. The third-order valence-corrected chi connectivity index (χ3v) is 6.03. The Morgan fingerprint density at radius 3 is 2.32 bits per heavy atom. The molecule has 0 saturated carbocycles. The molecule has 2 fully saturated rings. The van der Waals surface area contributed by atoms with Gasteiger partial charge in [0.05, 0.1) is 6.04 Å². The molecule has 0 aliphatic carbocycles. The molecule has 6 nitrogen and oxygen atoms in total. The summed E-state index contributed by atoms with van der Waals surface area (Å²) in [6, 6.07) is 9.42. The maximum absolute atomic E-state index is 12.8. The first-order valence-electron chi connectivity index (χ1n) is 9.75. The van der Waals surface area contributed by atoms with Crippen molar-refractivity contribution in [1.82, 2.24) is 19.7 Å². The Bertz CT molecular complexity index is 856. The molecule has 3 heterocycles. The highest BCUT2D eigenvalue weighted by Gasteiger charge is 2.33. The van der Waals surface area contributed by atoms with Gasteiger partial charge in [-0.05, 0) is 55.8 Å². The van der Waals surface area contributed by atoms with E-state index in [1.54, 1.807) is 0 Å². The van der Waals surface area contributed by atoms with Gasteiger partial charge < -0.3 is 14.8 Å². The number of nitrogens with one attached hydrogen (secondary N) is 1. The van der Waals surface area contributed by atoms with Crippen molar-refractivity contribution in [1.29, 1.82) is 0 Å². The Labute approximate surface area is 170 Å². The van der Waals surface area contributed by atoms with Crippen LogP contribution in [0.1, 0.15) is 23.3 Å². The summed E-state index contributed by atoms with van der Waals surface area (Å²) < 4.78 is 0. The highest BCUT2D eigenvalue weighted by molar-refractivity contribution is 6.30. The van der Waals surface area contributed by atoms with Gasteiger partial charge in [0.2, 0.25) is 5.91 Å². The summed E-state index contributed by atoms with van der Waals surface area (Å²) in [6.07, 6.45) is 3.85. The first kappa shape index (κ1) is 19.0. The van der Waals surface area contributed by atoms with Crippen molar-refractivity contribution in [2.75, 3.05) is 39.8 Å². The molecule has 4 rings (SSSR count). The molecule has 2 amide bonds. The molecule has 0 spiro atoms. The summed E-state index contributed by atoms with van der Waals surface area (Å²) in [5, 5.41) is 0.687. The van der Waals surface area contributed by atoms with Crippen molar-refractivity contribution in [3.63, 3.8) is 0 Å². The number of aromatic nitrogens is 1. The standard InChI is InChI=1S/C21H25ClN4O2/c1-24-8-2-3-19(24)21(28)26-11-9-25(10-12-26)20(27)18-13-16(14-23-18)15-4-6-17(22)7-5-15/h4-7,13-14,19,23H,2-3,8-12H2,1H3. The van der Waals surface area contributed by atoms with Crippen molar-refractivity contribution < 1.29 is 9.59 Å². The van der Waals surface area contributed by atoms with E-state index >= 15 is 0 Å².